The van der Waals surface area contributed by atoms with Crippen LogP contribution in [0.5, 0.6) is 0 Å². The van der Waals surface area contributed by atoms with E-state index in [0.717, 1.165) is 16.6 Å². The van der Waals surface area contributed by atoms with Crippen LogP contribution in [0.2, 0.25) is 5.02 Å². The zero-order valence-corrected chi connectivity index (χ0v) is 11.7. The van der Waals surface area contributed by atoms with E-state index in [1.807, 2.05) is 30.5 Å². The maximum Gasteiger partial charge on any atom is 0.0737 e. The molecule has 1 saturated carbocycles. The van der Waals surface area contributed by atoms with E-state index in [1.54, 1.807) is 0 Å². The van der Waals surface area contributed by atoms with Crippen LogP contribution < -0.4 is 11.1 Å². The first-order valence-corrected chi connectivity index (χ1v) is 7.03. The summed E-state index contributed by atoms with van der Waals surface area (Å²) in [6.45, 7) is 2.84. The summed E-state index contributed by atoms with van der Waals surface area (Å²) >= 11 is 6.01. The number of hydrogen-bond acceptors (Lipinski definition) is 3. The molecule has 0 bridgehead atoms. The van der Waals surface area contributed by atoms with E-state index in [-0.39, 0.29) is 5.54 Å². The maximum absolute atomic E-state index is 6.01. The first-order chi connectivity index (χ1) is 9.12. The van der Waals surface area contributed by atoms with Gasteiger partial charge in [0.15, 0.2) is 0 Å². The van der Waals surface area contributed by atoms with Crippen molar-refractivity contribution in [2.24, 2.45) is 11.7 Å². The van der Waals surface area contributed by atoms with Crippen LogP contribution >= 0.6 is 11.6 Å². The molecule has 1 aliphatic rings. The summed E-state index contributed by atoms with van der Waals surface area (Å²) < 4.78 is 0. The molecule has 2 aromatic rings. The summed E-state index contributed by atoms with van der Waals surface area (Å²) in [6, 6.07) is 7.80. The highest BCUT2D eigenvalue weighted by Gasteiger charge is 2.40. The van der Waals surface area contributed by atoms with Crippen molar-refractivity contribution in [1.82, 2.24) is 4.98 Å². The summed E-state index contributed by atoms with van der Waals surface area (Å²) in [5, 5.41) is 5.42. The number of hydrogen-bond donors (Lipinski definition) is 2. The van der Waals surface area contributed by atoms with E-state index in [4.69, 9.17) is 17.3 Å². The maximum atomic E-state index is 6.01. The Kier molecular flexibility index (Phi) is 3.11. The number of nitrogens with one attached hydrogen (secondary N) is 1. The third-order valence-corrected chi connectivity index (χ3v) is 4.26. The zero-order chi connectivity index (χ0) is 13.5. The smallest absolute Gasteiger partial charge is 0.0737 e. The standard InChI is InChI=1S/C15H18ClN3/c1-15(9-17,10-2-3-10)19-13-6-7-18-14-8-11(16)4-5-12(13)14/h4-8,10H,2-3,9,17H2,1H3,(H,18,19). The topological polar surface area (TPSA) is 50.9 Å². The van der Waals surface area contributed by atoms with Crippen molar-refractivity contribution in [3.8, 4) is 0 Å². The first kappa shape index (κ1) is 12.7. The minimum Gasteiger partial charge on any atom is -0.378 e. The molecule has 1 heterocycles. The molecule has 1 aromatic heterocycles. The molecule has 1 aliphatic carbocycles. The van der Waals surface area contributed by atoms with E-state index in [0.29, 0.717) is 17.5 Å². The number of pyridine rings is 1. The van der Waals surface area contributed by atoms with Gasteiger partial charge in [0, 0.05) is 34.4 Å². The van der Waals surface area contributed by atoms with Crippen molar-refractivity contribution >= 4 is 28.2 Å². The Labute approximate surface area is 118 Å². The molecule has 0 spiro atoms. The Hall–Kier alpha value is -1.32. The summed E-state index contributed by atoms with van der Waals surface area (Å²) in [4.78, 5) is 4.36. The van der Waals surface area contributed by atoms with Gasteiger partial charge < -0.3 is 11.1 Å². The molecule has 0 aliphatic heterocycles. The number of halogens is 1. The van der Waals surface area contributed by atoms with Crippen LogP contribution in [0, 0.1) is 5.92 Å². The van der Waals surface area contributed by atoms with Gasteiger partial charge in [-0.25, -0.2) is 0 Å². The lowest BCUT2D eigenvalue weighted by Gasteiger charge is -2.31. The van der Waals surface area contributed by atoms with E-state index in [9.17, 15) is 0 Å². The lowest BCUT2D eigenvalue weighted by Crippen LogP contribution is -2.44. The van der Waals surface area contributed by atoms with Crippen LogP contribution in [0.15, 0.2) is 30.5 Å². The fraction of sp³-hybridized carbons (Fsp3) is 0.400. The van der Waals surface area contributed by atoms with Crippen molar-refractivity contribution in [1.29, 1.82) is 0 Å². The monoisotopic (exact) mass is 275 g/mol. The molecule has 1 atom stereocenters. The number of anilines is 1. The molecule has 19 heavy (non-hydrogen) atoms. The van der Waals surface area contributed by atoms with Gasteiger partial charge in [0.25, 0.3) is 0 Å². The molecule has 3 nitrogen and oxygen atoms in total. The molecule has 4 heteroatoms. The van der Waals surface area contributed by atoms with E-state index in [1.165, 1.54) is 12.8 Å². The Morgan fingerprint density at radius 3 is 2.89 bits per heavy atom. The van der Waals surface area contributed by atoms with Gasteiger partial charge in [-0.1, -0.05) is 11.6 Å². The average molecular weight is 276 g/mol. The van der Waals surface area contributed by atoms with E-state index in [2.05, 4.69) is 17.2 Å². The molecule has 1 aromatic carbocycles. The Morgan fingerprint density at radius 2 is 2.21 bits per heavy atom. The molecule has 0 amide bonds. The summed E-state index contributed by atoms with van der Waals surface area (Å²) in [7, 11) is 0. The van der Waals surface area contributed by atoms with Gasteiger partial charge in [-0.05, 0) is 49.9 Å². The Bertz CT molecular complexity index is 609. The van der Waals surface area contributed by atoms with Gasteiger partial charge in [0.2, 0.25) is 0 Å². The van der Waals surface area contributed by atoms with Crippen LogP contribution in [-0.4, -0.2) is 17.1 Å². The Balaban J connectivity index is 2.00. The van der Waals surface area contributed by atoms with E-state index >= 15 is 0 Å². The minimum absolute atomic E-state index is 0.0338. The highest BCUT2D eigenvalue weighted by atomic mass is 35.5. The van der Waals surface area contributed by atoms with Crippen LogP contribution in [-0.2, 0) is 0 Å². The van der Waals surface area contributed by atoms with Crippen molar-refractivity contribution in [2.75, 3.05) is 11.9 Å². The van der Waals surface area contributed by atoms with Crippen molar-refractivity contribution in [3.05, 3.63) is 35.5 Å². The molecule has 100 valence electrons. The fourth-order valence-electron chi connectivity index (χ4n) is 2.58. The van der Waals surface area contributed by atoms with Crippen molar-refractivity contribution in [3.63, 3.8) is 0 Å². The zero-order valence-electron chi connectivity index (χ0n) is 11.0. The van der Waals surface area contributed by atoms with Crippen LogP contribution in [0.1, 0.15) is 19.8 Å². The van der Waals surface area contributed by atoms with Crippen LogP contribution in [0.25, 0.3) is 10.9 Å². The minimum atomic E-state index is -0.0338. The second-order valence-corrected chi connectivity index (χ2v) is 5.98. The number of aromatic nitrogens is 1. The third-order valence-electron chi connectivity index (χ3n) is 4.03. The van der Waals surface area contributed by atoms with Gasteiger partial charge in [-0.2, -0.15) is 0 Å². The quantitative estimate of drug-likeness (QED) is 0.899. The summed E-state index contributed by atoms with van der Waals surface area (Å²) in [6.07, 6.45) is 4.33. The third kappa shape index (κ3) is 2.40. The largest absolute Gasteiger partial charge is 0.378 e. The van der Waals surface area contributed by atoms with Crippen molar-refractivity contribution in [2.45, 2.75) is 25.3 Å². The van der Waals surface area contributed by atoms with Gasteiger partial charge in [0.1, 0.15) is 0 Å². The van der Waals surface area contributed by atoms with Crippen LogP contribution in [0.3, 0.4) is 0 Å². The lowest BCUT2D eigenvalue weighted by atomic mass is 9.95. The molecule has 3 N–H and O–H groups in total. The van der Waals surface area contributed by atoms with Crippen molar-refractivity contribution < 1.29 is 0 Å². The number of benzene rings is 1. The molecule has 1 fully saturated rings. The molecule has 0 radical (unpaired) electrons. The predicted octanol–water partition coefficient (Wildman–Crippen LogP) is 3.43. The highest BCUT2D eigenvalue weighted by molar-refractivity contribution is 6.31. The number of rotatable bonds is 4. The number of fused-ring (bicyclic) bond motifs is 1. The van der Waals surface area contributed by atoms with Gasteiger partial charge in [-0.15, -0.1) is 0 Å². The average Bonchev–Trinajstić information content (AvgIpc) is 3.23. The molecule has 0 saturated heterocycles. The second kappa shape index (κ2) is 4.66. The normalized spacial score (nSPS) is 18.3. The SMILES string of the molecule is CC(CN)(Nc1ccnc2cc(Cl)ccc12)C1CC1. The molecular formula is C15H18ClN3. The summed E-state index contributed by atoms with van der Waals surface area (Å²) in [5.74, 6) is 0.674. The van der Waals surface area contributed by atoms with Crippen LogP contribution in [0.4, 0.5) is 5.69 Å². The lowest BCUT2D eigenvalue weighted by molar-refractivity contribution is 0.460. The fourth-order valence-corrected chi connectivity index (χ4v) is 2.74. The molecule has 1 unspecified atom stereocenters. The van der Waals surface area contributed by atoms with E-state index < -0.39 is 0 Å². The van der Waals surface area contributed by atoms with Gasteiger partial charge in [-0.3, -0.25) is 4.98 Å². The predicted molar refractivity (Wildman–Crippen MR) is 80.6 cm³/mol. The highest BCUT2D eigenvalue weighted by Crippen LogP contribution is 2.41. The summed E-state index contributed by atoms with van der Waals surface area (Å²) in [5.41, 5.74) is 7.93. The molecule has 3 rings (SSSR count). The second-order valence-electron chi connectivity index (χ2n) is 5.54. The van der Waals surface area contributed by atoms with Gasteiger partial charge in [0.05, 0.1) is 5.52 Å². The first-order valence-electron chi connectivity index (χ1n) is 6.65. The number of nitrogens with two attached hydrogens (primary N) is 1. The Morgan fingerprint density at radius 1 is 1.42 bits per heavy atom. The van der Waals surface area contributed by atoms with Gasteiger partial charge >= 0.3 is 0 Å². The number of nitrogens with zero attached hydrogens (tertiary/aromatic N) is 1. The molecular weight excluding hydrogens is 258 g/mol.